The van der Waals surface area contributed by atoms with Crippen molar-refractivity contribution in [1.82, 2.24) is 4.90 Å². The molecule has 0 spiro atoms. The summed E-state index contributed by atoms with van der Waals surface area (Å²) in [6.07, 6.45) is 1.60. The van der Waals surface area contributed by atoms with Gasteiger partial charge >= 0.3 is 0 Å². The van der Waals surface area contributed by atoms with E-state index in [9.17, 15) is 4.79 Å². The molecule has 1 N–H and O–H groups in total. The highest BCUT2D eigenvalue weighted by atomic mass is 32.1. The van der Waals surface area contributed by atoms with Gasteiger partial charge in [-0.05, 0) is 38.8 Å². The lowest BCUT2D eigenvalue weighted by molar-refractivity contribution is 0.0698. The molecule has 17 heavy (non-hydrogen) atoms. The minimum atomic E-state index is 0.0816. The number of carbonyl (C=O) groups is 1. The van der Waals surface area contributed by atoms with Gasteiger partial charge in [-0.15, -0.1) is 11.3 Å². The molecule has 0 atom stereocenters. The predicted octanol–water partition coefficient (Wildman–Crippen LogP) is 2.54. The van der Waals surface area contributed by atoms with Crippen LogP contribution in [-0.4, -0.2) is 35.1 Å². The van der Waals surface area contributed by atoms with Crippen molar-refractivity contribution in [2.75, 3.05) is 13.2 Å². The fourth-order valence-corrected chi connectivity index (χ4v) is 2.56. The summed E-state index contributed by atoms with van der Waals surface area (Å²) in [6, 6.07) is 4.09. The lowest BCUT2D eigenvalue weighted by atomic mass is 10.2. The zero-order valence-electron chi connectivity index (χ0n) is 10.8. The SMILES string of the molecule is CCc1ccc(C(=O)N(CCCO)C(C)C)s1. The van der Waals surface area contributed by atoms with E-state index in [0.717, 1.165) is 11.3 Å². The molecule has 0 aromatic carbocycles. The Kier molecular flexibility index (Phi) is 5.65. The summed E-state index contributed by atoms with van der Waals surface area (Å²) < 4.78 is 0. The van der Waals surface area contributed by atoms with Crippen molar-refractivity contribution in [1.29, 1.82) is 0 Å². The number of amides is 1. The molecule has 0 aliphatic carbocycles. The zero-order chi connectivity index (χ0) is 12.8. The van der Waals surface area contributed by atoms with Crippen LogP contribution < -0.4 is 0 Å². The number of aliphatic hydroxyl groups is 1. The van der Waals surface area contributed by atoms with E-state index in [-0.39, 0.29) is 18.6 Å². The van der Waals surface area contributed by atoms with Crippen molar-refractivity contribution in [3.63, 3.8) is 0 Å². The van der Waals surface area contributed by atoms with E-state index < -0.39 is 0 Å². The second-order valence-corrected chi connectivity index (χ2v) is 5.46. The van der Waals surface area contributed by atoms with Crippen LogP contribution in [0.1, 0.15) is 41.7 Å². The monoisotopic (exact) mass is 255 g/mol. The molecule has 0 saturated carbocycles. The fourth-order valence-electron chi connectivity index (χ4n) is 1.66. The third-order valence-electron chi connectivity index (χ3n) is 2.66. The zero-order valence-corrected chi connectivity index (χ0v) is 11.6. The van der Waals surface area contributed by atoms with E-state index in [1.54, 1.807) is 11.3 Å². The Labute approximate surface area is 107 Å². The number of rotatable bonds is 6. The van der Waals surface area contributed by atoms with Gasteiger partial charge in [-0.1, -0.05) is 6.92 Å². The second-order valence-electron chi connectivity index (χ2n) is 4.29. The topological polar surface area (TPSA) is 40.5 Å². The van der Waals surface area contributed by atoms with Crippen molar-refractivity contribution in [3.8, 4) is 0 Å². The second kappa shape index (κ2) is 6.77. The maximum atomic E-state index is 12.3. The number of aliphatic hydroxyl groups excluding tert-OH is 1. The summed E-state index contributed by atoms with van der Waals surface area (Å²) in [5, 5.41) is 8.86. The standard InChI is InChI=1S/C13H21NO2S/c1-4-11-6-7-12(17-11)13(16)14(10(2)3)8-5-9-15/h6-7,10,15H,4-5,8-9H2,1-3H3. The molecule has 1 rings (SSSR count). The van der Waals surface area contributed by atoms with E-state index in [1.807, 2.05) is 30.9 Å². The molecule has 0 bridgehead atoms. The Balaban J connectivity index is 2.76. The number of aryl methyl sites for hydroxylation is 1. The molecular weight excluding hydrogens is 234 g/mol. The lowest BCUT2D eigenvalue weighted by Gasteiger charge is -2.25. The summed E-state index contributed by atoms with van der Waals surface area (Å²) in [4.78, 5) is 16.1. The van der Waals surface area contributed by atoms with Gasteiger partial charge in [-0.2, -0.15) is 0 Å². The van der Waals surface area contributed by atoms with Gasteiger partial charge < -0.3 is 10.0 Å². The number of hydrogen-bond acceptors (Lipinski definition) is 3. The summed E-state index contributed by atoms with van der Waals surface area (Å²) in [7, 11) is 0. The van der Waals surface area contributed by atoms with Gasteiger partial charge in [0.1, 0.15) is 0 Å². The molecule has 1 amide bonds. The number of nitrogens with zero attached hydrogens (tertiary/aromatic N) is 1. The van der Waals surface area contributed by atoms with Crippen LogP contribution in [0.4, 0.5) is 0 Å². The molecule has 0 fully saturated rings. The van der Waals surface area contributed by atoms with Gasteiger partial charge in [0.05, 0.1) is 4.88 Å². The highest BCUT2D eigenvalue weighted by Crippen LogP contribution is 2.19. The molecule has 96 valence electrons. The third-order valence-corrected chi connectivity index (χ3v) is 3.88. The van der Waals surface area contributed by atoms with E-state index in [2.05, 4.69) is 6.92 Å². The van der Waals surface area contributed by atoms with Crippen molar-refractivity contribution >= 4 is 17.2 Å². The Hall–Kier alpha value is -0.870. The first kappa shape index (κ1) is 14.2. The molecular formula is C13H21NO2S. The summed E-state index contributed by atoms with van der Waals surface area (Å²) in [5.74, 6) is 0.0816. The molecule has 0 aliphatic rings. The molecule has 0 saturated heterocycles. The van der Waals surface area contributed by atoms with Crippen LogP contribution in [0.2, 0.25) is 0 Å². The Morgan fingerprint density at radius 2 is 2.18 bits per heavy atom. The van der Waals surface area contributed by atoms with Gasteiger partial charge in [0.2, 0.25) is 0 Å². The summed E-state index contributed by atoms with van der Waals surface area (Å²) in [6.45, 7) is 6.84. The van der Waals surface area contributed by atoms with Gasteiger partial charge in [0, 0.05) is 24.1 Å². The Bertz CT molecular complexity index is 360. The van der Waals surface area contributed by atoms with E-state index in [4.69, 9.17) is 5.11 Å². The quantitative estimate of drug-likeness (QED) is 0.848. The maximum Gasteiger partial charge on any atom is 0.264 e. The van der Waals surface area contributed by atoms with Crippen LogP contribution in [0.15, 0.2) is 12.1 Å². The van der Waals surface area contributed by atoms with E-state index in [1.165, 1.54) is 4.88 Å². The van der Waals surface area contributed by atoms with Gasteiger partial charge in [0.25, 0.3) is 5.91 Å². The molecule has 1 heterocycles. The first-order chi connectivity index (χ1) is 8.10. The predicted molar refractivity (Wildman–Crippen MR) is 71.6 cm³/mol. The van der Waals surface area contributed by atoms with Crippen molar-refractivity contribution in [2.45, 2.75) is 39.7 Å². The van der Waals surface area contributed by atoms with Crippen LogP contribution in [-0.2, 0) is 6.42 Å². The van der Waals surface area contributed by atoms with Crippen LogP contribution in [0.3, 0.4) is 0 Å². The average molecular weight is 255 g/mol. The fraction of sp³-hybridized carbons (Fsp3) is 0.615. The summed E-state index contributed by atoms with van der Waals surface area (Å²) >= 11 is 1.57. The van der Waals surface area contributed by atoms with Gasteiger partial charge in [-0.3, -0.25) is 4.79 Å². The largest absolute Gasteiger partial charge is 0.396 e. The maximum absolute atomic E-state index is 12.3. The smallest absolute Gasteiger partial charge is 0.264 e. The van der Waals surface area contributed by atoms with Crippen LogP contribution in [0.25, 0.3) is 0 Å². The Morgan fingerprint density at radius 3 is 2.65 bits per heavy atom. The van der Waals surface area contributed by atoms with Crippen molar-refractivity contribution in [3.05, 3.63) is 21.9 Å². The van der Waals surface area contributed by atoms with Crippen LogP contribution in [0, 0.1) is 0 Å². The minimum Gasteiger partial charge on any atom is -0.396 e. The number of thiophene rings is 1. The third kappa shape index (κ3) is 3.82. The van der Waals surface area contributed by atoms with Gasteiger partial charge in [0.15, 0.2) is 0 Å². The normalized spacial score (nSPS) is 10.9. The number of carbonyl (C=O) groups excluding carboxylic acids is 1. The highest BCUT2D eigenvalue weighted by molar-refractivity contribution is 7.14. The molecule has 0 unspecified atom stereocenters. The van der Waals surface area contributed by atoms with Crippen LogP contribution >= 0.6 is 11.3 Å². The average Bonchev–Trinajstić information content (AvgIpc) is 2.77. The lowest BCUT2D eigenvalue weighted by Crippen LogP contribution is -2.37. The molecule has 0 radical (unpaired) electrons. The molecule has 0 aliphatic heterocycles. The molecule has 1 aromatic rings. The molecule has 3 nitrogen and oxygen atoms in total. The molecule has 1 aromatic heterocycles. The Morgan fingerprint density at radius 1 is 1.47 bits per heavy atom. The van der Waals surface area contributed by atoms with Crippen molar-refractivity contribution < 1.29 is 9.90 Å². The minimum absolute atomic E-state index is 0.0816. The van der Waals surface area contributed by atoms with Crippen LogP contribution in [0.5, 0.6) is 0 Å². The number of hydrogen-bond donors (Lipinski definition) is 1. The van der Waals surface area contributed by atoms with Crippen molar-refractivity contribution in [2.24, 2.45) is 0 Å². The highest BCUT2D eigenvalue weighted by Gasteiger charge is 2.19. The first-order valence-corrected chi connectivity index (χ1v) is 6.92. The first-order valence-electron chi connectivity index (χ1n) is 6.10. The van der Waals surface area contributed by atoms with E-state index in [0.29, 0.717) is 13.0 Å². The molecule has 4 heteroatoms. The summed E-state index contributed by atoms with van der Waals surface area (Å²) in [5.41, 5.74) is 0. The van der Waals surface area contributed by atoms with E-state index >= 15 is 0 Å². The van der Waals surface area contributed by atoms with Gasteiger partial charge in [-0.25, -0.2) is 0 Å².